The predicted molar refractivity (Wildman–Crippen MR) is 142 cm³/mol. The second-order valence-electron chi connectivity index (χ2n) is 8.47. The van der Waals surface area contributed by atoms with Crippen LogP contribution in [0.5, 0.6) is 17.2 Å². The SMILES string of the molecule is COc1ccc(NC(=O)[C@H]2[C@@H]3NC(=S)N(c4cccc(Br)c4)[C@@]2(C)Oc2c(OC)cccc23)cc1. The van der Waals surface area contributed by atoms with Crippen molar-refractivity contribution >= 4 is 50.5 Å². The monoisotopic (exact) mass is 553 g/mol. The lowest BCUT2D eigenvalue weighted by molar-refractivity contribution is -0.130. The molecule has 0 saturated carbocycles. The molecule has 1 amide bonds. The molecule has 2 aliphatic heterocycles. The molecule has 1 fully saturated rings. The largest absolute Gasteiger partial charge is 0.497 e. The summed E-state index contributed by atoms with van der Waals surface area (Å²) in [5.41, 5.74) is 1.11. The van der Waals surface area contributed by atoms with Gasteiger partial charge in [0.15, 0.2) is 22.3 Å². The quantitative estimate of drug-likeness (QED) is 0.417. The Labute approximate surface area is 217 Å². The number of benzene rings is 3. The van der Waals surface area contributed by atoms with Gasteiger partial charge in [-0.25, -0.2) is 0 Å². The maximum atomic E-state index is 13.9. The van der Waals surface area contributed by atoms with E-state index in [-0.39, 0.29) is 5.91 Å². The van der Waals surface area contributed by atoms with Crippen LogP contribution >= 0.6 is 28.1 Å². The van der Waals surface area contributed by atoms with Crippen molar-refractivity contribution in [1.82, 2.24) is 5.32 Å². The Morgan fingerprint density at radius 3 is 2.54 bits per heavy atom. The van der Waals surface area contributed by atoms with Crippen LogP contribution in [0.1, 0.15) is 18.5 Å². The lowest BCUT2D eigenvalue weighted by atomic mass is 9.78. The van der Waals surface area contributed by atoms with Gasteiger partial charge in [0.2, 0.25) is 5.91 Å². The van der Waals surface area contributed by atoms with Gasteiger partial charge in [-0.3, -0.25) is 9.69 Å². The molecule has 9 heteroatoms. The number of methoxy groups -OCH3 is 2. The summed E-state index contributed by atoms with van der Waals surface area (Å²) in [6.45, 7) is 1.89. The van der Waals surface area contributed by atoms with Crippen molar-refractivity contribution in [2.24, 2.45) is 5.92 Å². The van der Waals surface area contributed by atoms with Crippen LogP contribution in [0.25, 0.3) is 0 Å². The molecule has 3 atom stereocenters. The standard InChI is InChI=1S/C26H24BrN3O4S/c1-26-21(24(31)28-16-10-12-18(32-2)13-11-16)22(19-8-5-9-20(33-3)23(19)34-26)29-25(35)30(26)17-7-4-6-15(27)14-17/h4-14,21-22H,1-3H3,(H,28,31)(H,29,35)/t21-,22-,26+/m1/s1. The van der Waals surface area contributed by atoms with Crippen LogP contribution in [0.15, 0.2) is 71.2 Å². The van der Waals surface area contributed by atoms with Gasteiger partial charge in [-0.1, -0.05) is 34.1 Å². The van der Waals surface area contributed by atoms with Gasteiger partial charge in [0.25, 0.3) is 0 Å². The summed E-state index contributed by atoms with van der Waals surface area (Å²) in [7, 11) is 3.20. The zero-order valence-corrected chi connectivity index (χ0v) is 21.8. The minimum Gasteiger partial charge on any atom is -0.497 e. The zero-order chi connectivity index (χ0) is 24.7. The number of carbonyl (C=O) groups excluding carboxylic acids is 1. The van der Waals surface area contributed by atoms with Crippen molar-refractivity contribution in [3.05, 3.63) is 76.8 Å². The average molecular weight is 554 g/mol. The fourth-order valence-corrected chi connectivity index (χ4v) is 5.63. The van der Waals surface area contributed by atoms with Crippen LogP contribution in [0.4, 0.5) is 11.4 Å². The lowest BCUT2D eigenvalue weighted by Crippen LogP contribution is -2.72. The number of hydrogen-bond acceptors (Lipinski definition) is 5. The summed E-state index contributed by atoms with van der Waals surface area (Å²) in [5.74, 6) is 1.03. The zero-order valence-electron chi connectivity index (χ0n) is 19.4. The number of nitrogens with zero attached hydrogens (tertiary/aromatic N) is 1. The third kappa shape index (κ3) is 3.98. The number of halogens is 1. The maximum Gasteiger partial charge on any atom is 0.236 e. The van der Waals surface area contributed by atoms with Crippen molar-refractivity contribution in [3.8, 4) is 17.2 Å². The van der Waals surface area contributed by atoms with Gasteiger partial charge in [-0.05, 0) is 67.7 Å². The maximum absolute atomic E-state index is 13.9. The molecule has 180 valence electrons. The minimum atomic E-state index is -1.15. The normalized spacial score (nSPS) is 22.4. The molecule has 0 unspecified atom stereocenters. The highest BCUT2D eigenvalue weighted by Crippen LogP contribution is 2.52. The van der Waals surface area contributed by atoms with E-state index in [4.69, 9.17) is 26.4 Å². The predicted octanol–water partition coefficient (Wildman–Crippen LogP) is 5.27. The van der Waals surface area contributed by atoms with Crippen LogP contribution in [-0.4, -0.2) is 31.0 Å². The Morgan fingerprint density at radius 1 is 1.11 bits per heavy atom. The van der Waals surface area contributed by atoms with Crippen molar-refractivity contribution in [2.75, 3.05) is 24.4 Å². The van der Waals surface area contributed by atoms with Crippen LogP contribution in [0.3, 0.4) is 0 Å². The number of thiocarbonyl (C=S) groups is 1. The first-order chi connectivity index (χ1) is 16.9. The van der Waals surface area contributed by atoms with Gasteiger partial charge in [-0.15, -0.1) is 0 Å². The van der Waals surface area contributed by atoms with Crippen molar-refractivity contribution in [2.45, 2.75) is 18.7 Å². The number of hydrogen-bond donors (Lipinski definition) is 2. The van der Waals surface area contributed by atoms with Crippen molar-refractivity contribution in [3.63, 3.8) is 0 Å². The topological polar surface area (TPSA) is 72.1 Å². The van der Waals surface area contributed by atoms with E-state index in [0.717, 1.165) is 15.7 Å². The van der Waals surface area contributed by atoms with Crippen LogP contribution < -0.4 is 29.7 Å². The summed E-state index contributed by atoms with van der Waals surface area (Å²) in [6, 6.07) is 20.2. The molecule has 35 heavy (non-hydrogen) atoms. The lowest BCUT2D eigenvalue weighted by Gasteiger charge is -2.56. The minimum absolute atomic E-state index is 0.203. The van der Waals surface area contributed by atoms with Gasteiger partial charge < -0.3 is 24.8 Å². The van der Waals surface area contributed by atoms with Gasteiger partial charge in [0, 0.05) is 21.4 Å². The molecular formula is C26H24BrN3O4S. The van der Waals surface area contributed by atoms with E-state index in [1.807, 2.05) is 54.3 Å². The van der Waals surface area contributed by atoms with Gasteiger partial charge in [0.1, 0.15) is 11.7 Å². The molecule has 3 aromatic carbocycles. The number of nitrogens with one attached hydrogen (secondary N) is 2. The molecule has 2 bridgehead atoms. The Morgan fingerprint density at radius 2 is 1.86 bits per heavy atom. The number of amides is 1. The molecule has 2 aliphatic rings. The second-order valence-corrected chi connectivity index (χ2v) is 9.78. The molecule has 3 aromatic rings. The van der Waals surface area contributed by atoms with Gasteiger partial charge in [0.05, 0.1) is 20.3 Å². The number of anilines is 2. The average Bonchev–Trinajstić information content (AvgIpc) is 2.83. The molecule has 5 rings (SSSR count). The van der Waals surface area contributed by atoms with Crippen LogP contribution in [-0.2, 0) is 4.79 Å². The first-order valence-corrected chi connectivity index (χ1v) is 12.2. The molecule has 0 radical (unpaired) electrons. The highest BCUT2D eigenvalue weighted by molar-refractivity contribution is 9.10. The molecule has 0 spiro atoms. The summed E-state index contributed by atoms with van der Waals surface area (Å²) >= 11 is 9.35. The van der Waals surface area contributed by atoms with E-state index in [1.165, 1.54) is 0 Å². The van der Waals surface area contributed by atoms with Crippen LogP contribution in [0, 0.1) is 5.92 Å². The van der Waals surface area contributed by atoms with Gasteiger partial charge in [-0.2, -0.15) is 0 Å². The number of ether oxygens (including phenoxy) is 3. The molecule has 7 nitrogen and oxygen atoms in total. The molecule has 1 saturated heterocycles. The number of fused-ring (bicyclic) bond motifs is 4. The number of para-hydroxylation sites is 1. The fourth-order valence-electron chi connectivity index (χ4n) is 4.83. The fraction of sp³-hybridized carbons (Fsp3) is 0.231. The molecular weight excluding hydrogens is 530 g/mol. The molecule has 0 aliphatic carbocycles. The van der Waals surface area contributed by atoms with Crippen molar-refractivity contribution < 1.29 is 19.0 Å². The Bertz CT molecular complexity index is 1300. The first kappa shape index (κ1) is 23.4. The summed E-state index contributed by atoms with van der Waals surface area (Å²) < 4.78 is 18.4. The summed E-state index contributed by atoms with van der Waals surface area (Å²) in [5, 5.41) is 6.93. The number of rotatable bonds is 5. The Hall–Kier alpha value is -3.30. The van der Waals surface area contributed by atoms with E-state index in [2.05, 4.69) is 26.6 Å². The highest BCUT2D eigenvalue weighted by atomic mass is 79.9. The Balaban J connectivity index is 1.62. The van der Waals surface area contributed by atoms with Crippen molar-refractivity contribution in [1.29, 1.82) is 0 Å². The van der Waals surface area contributed by atoms with E-state index < -0.39 is 17.7 Å². The van der Waals surface area contributed by atoms with E-state index >= 15 is 0 Å². The van der Waals surface area contributed by atoms with E-state index in [9.17, 15) is 4.79 Å². The first-order valence-electron chi connectivity index (χ1n) is 11.0. The molecule has 0 aromatic heterocycles. The van der Waals surface area contributed by atoms with E-state index in [0.29, 0.717) is 28.0 Å². The third-order valence-electron chi connectivity index (χ3n) is 6.42. The molecule has 2 N–H and O–H groups in total. The summed E-state index contributed by atoms with van der Waals surface area (Å²) in [6.07, 6.45) is 0. The smallest absolute Gasteiger partial charge is 0.236 e. The Kier molecular flexibility index (Phi) is 6.06. The second kappa shape index (κ2) is 9.05. The highest BCUT2D eigenvalue weighted by Gasteiger charge is 2.59. The molecule has 2 heterocycles. The van der Waals surface area contributed by atoms with Crippen LogP contribution in [0.2, 0.25) is 0 Å². The third-order valence-corrected chi connectivity index (χ3v) is 7.21. The van der Waals surface area contributed by atoms with Gasteiger partial charge >= 0.3 is 0 Å². The summed E-state index contributed by atoms with van der Waals surface area (Å²) in [4.78, 5) is 15.7. The van der Waals surface area contributed by atoms with E-state index in [1.54, 1.807) is 38.5 Å². The number of carbonyl (C=O) groups is 1.